The molecular formula is C13H17N3O. The number of oxazole rings is 1. The van der Waals surface area contributed by atoms with Crippen molar-refractivity contribution in [1.82, 2.24) is 15.3 Å². The van der Waals surface area contributed by atoms with Crippen molar-refractivity contribution in [3.8, 4) is 0 Å². The minimum absolute atomic E-state index is 0.740. The van der Waals surface area contributed by atoms with Gasteiger partial charge in [-0.15, -0.1) is 0 Å². The van der Waals surface area contributed by atoms with E-state index in [1.165, 1.54) is 6.42 Å². The second-order valence-corrected chi connectivity index (χ2v) is 4.78. The number of pyridine rings is 1. The number of rotatable bonds is 3. The molecule has 2 aromatic heterocycles. The van der Waals surface area contributed by atoms with Gasteiger partial charge in [0, 0.05) is 12.1 Å². The van der Waals surface area contributed by atoms with Gasteiger partial charge in [0.05, 0.1) is 0 Å². The van der Waals surface area contributed by atoms with E-state index in [-0.39, 0.29) is 0 Å². The van der Waals surface area contributed by atoms with E-state index in [1.807, 2.05) is 19.1 Å². The maximum atomic E-state index is 5.69. The lowest BCUT2D eigenvalue weighted by molar-refractivity contribution is 0.466. The molecule has 1 aliphatic rings. The average molecular weight is 231 g/mol. The van der Waals surface area contributed by atoms with E-state index >= 15 is 0 Å². The Bertz CT molecular complexity index is 514. The van der Waals surface area contributed by atoms with Crippen LogP contribution in [0.4, 0.5) is 0 Å². The highest BCUT2D eigenvalue weighted by molar-refractivity contribution is 5.67. The first-order valence-electron chi connectivity index (χ1n) is 6.25. The molecule has 4 nitrogen and oxygen atoms in total. The van der Waals surface area contributed by atoms with Crippen LogP contribution in [0.1, 0.15) is 24.4 Å². The molecule has 90 valence electrons. The van der Waals surface area contributed by atoms with Crippen LogP contribution in [0.3, 0.4) is 0 Å². The van der Waals surface area contributed by atoms with Crippen molar-refractivity contribution in [3.05, 3.63) is 23.7 Å². The maximum Gasteiger partial charge on any atom is 0.199 e. The predicted octanol–water partition coefficient (Wildman–Crippen LogP) is 2.07. The first-order valence-corrected chi connectivity index (χ1v) is 6.25. The highest BCUT2D eigenvalue weighted by Crippen LogP contribution is 2.19. The van der Waals surface area contributed by atoms with Crippen LogP contribution in [-0.2, 0) is 6.42 Å². The van der Waals surface area contributed by atoms with Crippen LogP contribution in [0.25, 0.3) is 11.2 Å². The number of aromatic nitrogens is 2. The maximum absolute atomic E-state index is 5.69. The van der Waals surface area contributed by atoms with Gasteiger partial charge >= 0.3 is 0 Å². The van der Waals surface area contributed by atoms with Gasteiger partial charge < -0.3 is 9.73 Å². The Kier molecular flexibility index (Phi) is 2.81. The summed E-state index contributed by atoms with van der Waals surface area (Å²) in [6.07, 6.45) is 3.35. The minimum atomic E-state index is 0.740. The zero-order chi connectivity index (χ0) is 11.7. The average Bonchev–Trinajstić information content (AvgIpc) is 2.94. The van der Waals surface area contributed by atoms with Crippen LogP contribution in [0.15, 0.2) is 16.5 Å². The third kappa shape index (κ3) is 2.31. The van der Waals surface area contributed by atoms with Gasteiger partial charge in [0.25, 0.3) is 0 Å². The zero-order valence-electron chi connectivity index (χ0n) is 10.1. The second kappa shape index (κ2) is 4.45. The molecule has 0 bridgehead atoms. The molecule has 3 rings (SSSR count). The van der Waals surface area contributed by atoms with E-state index in [4.69, 9.17) is 4.42 Å². The lowest BCUT2D eigenvalue weighted by Gasteiger charge is -2.04. The Hall–Kier alpha value is -1.42. The highest BCUT2D eigenvalue weighted by Gasteiger charge is 2.15. The standard InChI is InChI=1S/C13H17N3O/c1-9-2-4-11-13(15-9)16-12(17-11)5-3-10-6-7-14-8-10/h2,4,10,14H,3,5-8H2,1H3. The number of nitrogens with one attached hydrogen (secondary N) is 1. The second-order valence-electron chi connectivity index (χ2n) is 4.78. The zero-order valence-corrected chi connectivity index (χ0v) is 10.1. The number of hydrogen-bond acceptors (Lipinski definition) is 4. The van der Waals surface area contributed by atoms with E-state index in [9.17, 15) is 0 Å². The quantitative estimate of drug-likeness (QED) is 0.878. The number of nitrogens with zero attached hydrogens (tertiary/aromatic N) is 2. The molecule has 0 aliphatic carbocycles. The predicted molar refractivity (Wildman–Crippen MR) is 65.8 cm³/mol. The first-order chi connectivity index (χ1) is 8.31. The molecule has 0 aromatic carbocycles. The van der Waals surface area contributed by atoms with Crippen molar-refractivity contribution in [1.29, 1.82) is 0 Å². The van der Waals surface area contributed by atoms with Crippen LogP contribution in [0.5, 0.6) is 0 Å². The van der Waals surface area contributed by atoms with Crippen molar-refractivity contribution < 1.29 is 4.42 Å². The molecule has 0 spiro atoms. The van der Waals surface area contributed by atoms with Gasteiger partial charge in [0.2, 0.25) is 0 Å². The Morgan fingerprint density at radius 1 is 1.41 bits per heavy atom. The third-order valence-electron chi connectivity index (χ3n) is 3.37. The largest absolute Gasteiger partial charge is 0.439 e. The van der Waals surface area contributed by atoms with Crippen LogP contribution in [0.2, 0.25) is 0 Å². The summed E-state index contributed by atoms with van der Waals surface area (Å²) in [4.78, 5) is 8.80. The Morgan fingerprint density at radius 2 is 2.35 bits per heavy atom. The van der Waals surface area contributed by atoms with Gasteiger partial charge in [-0.2, -0.15) is 4.98 Å². The van der Waals surface area contributed by atoms with Gasteiger partial charge in [-0.25, -0.2) is 4.98 Å². The summed E-state index contributed by atoms with van der Waals surface area (Å²) < 4.78 is 5.69. The summed E-state index contributed by atoms with van der Waals surface area (Å²) in [6.45, 7) is 4.26. The fourth-order valence-corrected chi connectivity index (χ4v) is 2.35. The Balaban J connectivity index is 1.72. The lowest BCUT2D eigenvalue weighted by atomic mass is 10.0. The molecule has 0 amide bonds. The fraction of sp³-hybridized carbons (Fsp3) is 0.538. The van der Waals surface area contributed by atoms with E-state index in [1.54, 1.807) is 0 Å². The topological polar surface area (TPSA) is 51.0 Å². The molecule has 1 N–H and O–H groups in total. The fourth-order valence-electron chi connectivity index (χ4n) is 2.35. The Labute approximate surface area is 100 Å². The van der Waals surface area contributed by atoms with Crippen LogP contribution < -0.4 is 5.32 Å². The number of hydrogen-bond donors (Lipinski definition) is 1. The van der Waals surface area contributed by atoms with E-state index < -0.39 is 0 Å². The van der Waals surface area contributed by atoms with Gasteiger partial charge in [0.1, 0.15) is 0 Å². The molecule has 0 saturated carbocycles. The van der Waals surface area contributed by atoms with Gasteiger partial charge in [-0.3, -0.25) is 0 Å². The number of fused-ring (bicyclic) bond motifs is 1. The monoisotopic (exact) mass is 231 g/mol. The van der Waals surface area contributed by atoms with E-state index in [0.717, 1.165) is 54.7 Å². The van der Waals surface area contributed by atoms with Crippen molar-refractivity contribution in [3.63, 3.8) is 0 Å². The van der Waals surface area contributed by atoms with Crippen LogP contribution in [0, 0.1) is 12.8 Å². The third-order valence-corrected chi connectivity index (χ3v) is 3.37. The number of aryl methyl sites for hydroxylation is 2. The molecule has 1 atom stereocenters. The van der Waals surface area contributed by atoms with E-state index in [2.05, 4.69) is 15.3 Å². The minimum Gasteiger partial charge on any atom is -0.439 e. The summed E-state index contributed by atoms with van der Waals surface area (Å²) in [5.74, 6) is 1.60. The summed E-state index contributed by atoms with van der Waals surface area (Å²) in [5.41, 5.74) is 2.53. The molecule has 2 aromatic rings. The van der Waals surface area contributed by atoms with Gasteiger partial charge in [-0.1, -0.05) is 0 Å². The van der Waals surface area contributed by atoms with Crippen molar-refractivity contribution in [2.24, 2.45) is 5.92 Å². The SMILES string of the molecule is Cc1ccc2oc(CCC3CCNC3)nc2n1. The highest BCUT2D eigenvalue weighted by atomic mass is 16.3. The molecule has 1 unspecified atom stereocenters. The molecule has 0 radical (unpaired) electrons. The molecule has 1 fully saturated rings. The molecule has 17 heavy (non-hydrogen) atoms. The normalized spacial score (nSPS) is 20.2. The first kappa shape index (κ1) is 10.7. The molecule has 4 heteroatoms. The van der Waals surface area contributed by atoms with Gasteiger partial charge in [-0.05, 0) is 50.9 Å². The molecule has 1 aliphatic heterocycles. The van der Waals surface area contributed by atoms with Crippen LogP contribution in [-0.4, -0.2) is 23.1 Å². The smallest absolute Gasteiger partial charge is 0.199 e. The lowest BCUT2D eigenvalue weighted by Crippen LogP contribution is -2.09. The van der Waals surface area contributed by atoms with E-state index in [0.29, 0.717) is 0 Å². The van der Waals surface area contributed by atoms with Gasteiger partial charge in [0.15, 0.2) is 17.1 Å². The molecule has 1 saturated heterocycles. The van der Waals surface area contributed by atoms with Crippen LogP contribution >= 0.6 is 0 Å². The molecule has 3 heterocycles. The van der Waals surface area contributed by atoms with Crippen molar-refractivity contribution in [2.75, 3.05) is 13.1 Å². The summed E-state index contributed by atoms with van der Waals surface area (Å²) in [7, 11) is 0. The Morgan fingerprint density at radius 3 is 3.18 bits per heavy atom. The van der Waals surface area contributed by atoms with Crippen molar-refractivity contribution >= 4 is 11.2 Å². The summed E-state index contributed by atoms with van der Waals surface area (Å²) >= 11 is 0. The molecular weight excluding hydrogens is 214 g/mol. The van der Waals surface area contributed by atoms with Crippen molar-refractivity contribution in [2.45, 2.75) is 26.2 Å². The summed E-state index contributed by atoms with van der Waals surface area (Å²) in [6, 6.07) is 3.91. The summed E-state index contributed by atoms with van der Waals surface area (Å²) in [5, 5.41) is 3.38.